The maximum atomic E-state index is 12.2. The zero-order valence-electron chi connectivity index (χ0n) is 25.5. The van der Waals surface area contributed by atoms with E-state index >= 15 is 0 Å². The molecule has 0 unspecified atom stereocenters. The minimum Gasteiger partial charge on any atom is -0.462 e. The first-order valence-corrected chi connectivity index (χ1v) is 14.4. The smallest absolute Gasteiger partial charge is 0.338 e. The molecule has 0 heterocycles. The molecule has 0 saturated carbocycles. The van der Waals surface area contributed by atoms with Crippen molar-refractivity contribution in [2.45, 2.75) is 65.2 Å². The first-order chi connectivity index (χ1) is 21.0. The van der Waals surface area contributed by atoms with E-state index in [-0.39, 0.29) is 63.6 Å². The molecule has 0 N–H and O–H groups in total. The molecule has 0 amide bonds. The first kappa shape index (κ1) is 37.5. The lowest BCUT2D eigenvalue weighted by atomic mass is 10.1. The molecule has 0 radical (unpaired) electrons. The van der Waals surface area contributed by atoms with Crippen molar-refractivity contribution in [2.75, 3.05) is 39.6 Å². The SMILES string of the molecule is C=C(C)C(=O)OCCOC(=O)CCCCCOC(=O)c1ccc(C(=O)OCCCCCC(=O)OCCOC(=O)C(=C)C)cc1. The molecule has 0 aromatic heterocycles. The molecular formula is C32H42O12. The summed E-state index contributed by atoms with van der Waals surface area (Å²) in [4.78, 5) is 70.3. The van der Waals surface area contributed by atoms with Gasteiger partial charge in [0.15, 0.2) is 0 Å². The van der Waals surface area contributed by atoms with Crippen LogP contribution in [0.4, 0.5) is 0 Å². The fourth-order valence-electron chi connectivity index (χ4n) is 3.31. The molecule has 0 atom stereocenters. The van der Waals surface area contributed by atoms with Crippen LogP contribution in [-0.2, 0) is 47.6 Å². The van der Waals surface area contributed by atoms with E-state index in [0.29, 0.717) is 49.7 Å². The maximum absolute atomic E-state index is 12.2. The van der Waals surface area contributed by atoms with Crippen LogP contribution < -0.4 is 0 Å². The van der Waals surface area contributed by atoms with Crippen molar-refractivity contribution < 1.29 is 57.2 Å². The van der Waals surface area contributed by atoms with E-state index in [1.165, 1.54) is 38.1 Å². The molecule has 12 heteroatoms. The summed E-state index contributed by atoms with van der Waals surface area (Å²) in [6, 6.07) is 5.92. The minimum absolute atomic E-state index is 0.0214. The lowest BCUT2D eigenvalue weighted by Gasteiger charge is -2.08. The fourth-order valence-corrected chi connectivity index (χ4v) is 3.31. The van der Waals surface area contributed by atoms with Gasteiger partial charge in [-0.3, -0.25) is 9.59 Å². The number of rotatable bonds is 22. The van der Waals surface area contributed by atoms with Crippen molar-refractivity contribution in [2.24, 2.45) is 0 Å². The van der Waals surface area contributed by atoms with E-state index < -0.39 is 35.8 Å². The Balaban J connectivity index is 2.11. The van der Waals surface area contributed by atoms with Crippen LogP contribution in [-0.4, -0.2) is 75.5 Å². The fraction of sp³-hybridized carbons (Fsp3) is 0.500. The van der Waals surface area contributed by atoms with Crippen molar-refractivity contribution in [3.8, 4) is 0 Å². The highest BCUT2D eigenvalue weighted by molar-refractivity contribution is 5.93. The Labute approximate surface area is 257 Å². The van der Waals surface area contributed by atoms with Gasteiger partial charge in [-0.2, -0.15) is 0 Å². The predicted molar refractivity (Wildman–Crippen MR) is 157 cm³/mol. The summed E-state index contributed by atoms with van der Waals surface area (Å²) in [5.41, 5.74) is 1.12. The van der Waals surface area contributed by atoms with E-state index in [2.05, 4.69) is 13.2 Å². The van der Waals surface area contributed by atoms with Gasteiger partial charge in [-0.1, -0.05) is 13.2 Å². The van der Waals surface area contributed by atoms with Crippen LogP contribution in [0.15, 0.2) is 48.6 Å². The van der Waals surface area contributed by atoms with Crippen LogP contribution in [0.3, 0.4) is 0 Å². The molecule has 44 heavy (non-hydrogen) atoms. The highest BCUT2D eigenvalue weighted by atomic mass is 16.6. The lowest BCUT2D eigenvalue weighted by Crippen LogP contribution is -2.14. The number of esters is 6. The molecular weight excluding hydrogens is 576 g/mol. The van der Waals surface area contributed by atoms with Crippen molar-refractivity contribution in [3.63, 3.8) is 0 Å². The summed E-state index contributed by atoms with van der Waals surface area (Å²) in [5, 5.41) is 0. The van der Waals surface area contributed by atoms with Crippen molar-refractivity contribution >= 4 is 35.8 Å². The van der Waals surface area contributed by atoms with Gasteiger partial charge in [0.2, 0.25) is 0 Å². The van der Waals surface area contributed by atoms with E-state index in [0.717, 1.165) is 0 Å². The molecule has 0 aliphatic heterocycles. The van der Waals surface area contributed by atoms with Crippen LogP contribution in [0, 0.1) is 0 Å². The van der Waals surface area contributed by atoms with Crippen LogP contribution in [0.5, 0.6) is 0 Å². The standard InChI is InChI=1S/C32H42O12/c1-23(2)29(35)43-21-19-39-27(33)11-7-5-9-17-41-31(37)25-13-15-26(16-14-25)32(38)42-18-10-6-8-12-28(34)40-20-22-44-30(36)24(3)4/h13-16H,1,3,5-12,17-22H2,2,4H3. The first-order valence-electron chi connectivity index (χ1n) is 14.4. The Kier molecular flexibility index (Phi) is 18.9. The van der Waals surface area contributed by atoms with E-state index in [1.54, 1.807) is 0 Å². The second-order valence-corrected chi connectivity index (χ2v) is 9.74. The molecule has 242 valence electrons. The Morgan fingerprint density at radius 3 is 1.16 bits per heavy atom. The third-order valence-corrected chi connectivity index (χ3v) is 5.73. The van der Waals surface area contributed by atoms with Crippen molar-refractivity contribution in [1.29, 1.82) is 0 Å². The predicted octanol–water partition coefficient (Wildman–Crippen LogP) is 4.45. The number of carbonyl (C=O) groups is 6. The van der Waals surface area contributed by atoms with Gasteiger partial charge in [0.1, 0.15) is 26.4 Å². The summed E-state index contributed by atoms with van der Waals surface area (Å²) >= 11 is 0. The van der Waals surface area contributed by atoms with E-state index in [4.69, 9.17) is 28.4 Å². The van der Waals surface area contributed by atoms with Crippen LogP contribution in [0.2, 0.25) is 0 Å². The Bertz CT molecular complexity index is 1050. The maximum Gasteiger partial charge on any atom is 0.338 e. The summed E-state index contributed by atoms with van der Waals surface area (Å²) < 4.78 is 30.1. The van der Waals surface area contributed by atoms with Gasteiger partial charge >= 0.3 is 35.8 Å². The van der Waals surface area contributed by atoms with Gasteiger partial charge in [-0.25, -0.2) is 19.2 Å². The van der Waals surface area contributed by atoms with Gasteiger partial charge in [0.25, 0.3) is 0 Å². The van der Waals surface area contributed by atoms with Crippen LogP contribution in [0.1, 0.15) is 85.9 Å². The van der Waals surface area contributed by atoms with Crippen molar-refractivity contribution in [1.82, 2.24) is 0 Å². The molecule has 12 nitrogen and oxygen atoms in total. The number of unbranched alkanes of at least 4 members (excludes halogenated alkanes) is 4. The number of carbonyl (C=O) groups excluding carboxylic acids is 6. The second-order valence-electron chi connectivity index (χ2n) is 9.74. The molecule has 1 aromatic carbocycles. The number of hydrogen-bond donors (Lipinski definition) is 0. The normalized spacial score (nSPS) is 10.2. The molecule has 0 fully saturated rings. The average Bonchev–Trinajstić information content (AvgIpc) is 3.00. The van der Waals surface area contributed by atoms with Gasteiger partial charge in [0, 0.05) is 24.0 Å². The van der Waals surface area contributed by atoms with Gasteiger partial charge in [-0.15, -0.1) is 0 Å². The highest BCUT2D eigenvalue weighted by Gasteiger charge is 2.12. The summed E-state index contributed by atoms with van der Waals surface area (Å²) in [7, 11) is 0. The summed E-state index contributed by atoms with van der Waals surface area (Å²) in [6.45, 7) is 10.2. The molecule has 0 aliphatic carbocycles. The molecule has 0 spiro atoms. The van der Waals surface area contributed by atoms with Gasteiger partial charge in [-0.05, 0) is 76.6 Å². The quantitative estimate of drug-likeness (QED) is 0.0779. The molecule has 0 aliphatic rings. The van der Waals surface area contributed by atoms with Crippen LogP contribution in [0.25, 0.3) is 0 Å². The Hall–Kier alpha value is -4.48. The number of benzene rings is 1. The van der Waals surface area contributed by atoms with E-state index in [1.807, 2.05) is 0 Å². The van der Waals surface area contributed by atoms with Gasteiger partial charge in [0.05, 0.1) is 24.3 Å². The molecule has 1 aromatic rings. The van der Waals surface area contributed by atoms with Crippen molar-refractivity contribution in [3.05, 3.63) is 59.7 Å². The Morgan fingerprint density at radius 1 is 0.477 bits per heavy atom. The zero-order valence-corrected chi connectivity index (χ0v) is 25.5. The Morgan fingerprint density at radius 2 is 0.818 bits per heavy atom. The number of hydrogen-bond acceptors (Lipinski definition) is 12. The molecule has 0 saturated heterocycles. The lowest BCUT2D eigenvalue weighted by molar-refractivity contribution is -0.150. The average molecular weight is 619 g/mol. The summed E-state index contributed by atoms with van der Waals surface area (Å²) in [5.74, 6) is -2.93. The second kappa shape index (κ2) is 22.1. The molecule has 1 rings (SSSR count). The topological polar surface area (TPSA) is 158 Å². The van der Waals surface area contributed by atoms with Crippen LogP contribution >= 0.6 is 0 Å². The minimum atomic E-state index is -0.535. The third-order valence-electron chi connectivity index (χ3n) is 5.73. The number of ether oxygens (including phenoxy) is 6. The monoisotopic (exact) mass is 618 g/mol. The zero-order chi connectivity index (χ0) is 32.7. The third kappa shape index (κ3) is 17.5. The highest BCUT2D eigenvalue weighted by Crippen LogP contribution is 2.10. The van der Waals surface area contributed by atoms with Gasteiger partial charge < -0.3 is 28.4 Å². The largest absolute Gasteiger partial charge is 0.462 e. The summed E-state index contributed by atoms with van der Waals surface area (Å²) in [6.07, 6.45) is 3.94. The molecule has 0 bridgehead atoms. The van der Waals surface area contributed by atoms with E-state index in [9.17, 15) is 28.8 Å².